The molecule has 1 amide bonds. The lowest BCUT2D eigenvalue weighted by atomic mass is 9.98. The van der Waals surface area contributed by atoms with E-state index in [0.717, 1.165) is 12.8 Å². The second-order valence-corrected chi connectivity index (χ2v) is 5.74. The van der Waals surface area contributed by atoms with Gasteiger partial charge in [-0.1, -0.05) is 23.2 Å². The molecule has 6 heteroatoms. The lowest BCUT2D eigenvalue weighted by Crippen LogP contribution is -2.51. The molecule has 2 rings (SSSR count). The molecule has 2 atom stereocenters. The molecule has 0 aliphatic carbocycles. The summed E-state index contributed by atoms with van der Waals surface area (Å²) >= 11 is 12.0. The van der Waals surface area contributed by atoms with E-state index in [-0.39, 0.29) is 18.1 Å². The van der Waals surface area contributed by atoms with Gasteiger partial charge in [-0.25, -0.2) is 0 Å². The first-order valence-corrected chi connectivity index (χ1v) is 7.31. The first-order valence-electron chi connectivity index (χ1n) is 6.55. The van der Waals surface area contributed by atoms with Gasteiger partial charge in [0.05, 0.1) is 16.7 Å². The largest absolute Gasteiger partial charge is 0.381 e. The quantitative estimate of drug-likeness (QED) is 0.932. The molecule has 1 saturated heterocycles. The molecule has 0 aromatic heterocycles. The van der Waals surface area contributed by atoms with E-state index in [4.69, 9.17) is 33.7 Å². The Morgan fingerprint density at radius 3 is 2.90 bits per heavy atom. The summed E-state index contributed by atoms with van der Waals surface area (Å²) in [5.74, 6) is -0.123. The average molecular weight is 317 g/mol. The topological polar surface area (TPSA) is 55.6 Å². The van der Waals surface area contributed by atoms with E-state index >= 15 is 0 Å². The Balaban J connectivity index is 2.21. The molecule has 2 unspecified atom stereocenters. The number of halogens is 2. The van der Waals surface area contributed by atoms with Gasteiger partial charge in [-0.05, 0) is 31.0 Å². The minimum absolute atomic E-state index is 0.0313. The molecule has 0 radical (unpaired) electrons. The predicted molar refractivity (Wildman–Crippen MR) is 80.4 cm³/mol. The molecule has 0 spiro atoms. The first kappa shape index (κ1) is 15.6. The van der Waals surface area contributed by atoms with Crippen LogP contribution >= 0.6 is 23.2 Å². The van der Waals surface area contributed by atoms with Crippen molar-refractivity contribution < 1.29 is 9.53 Å². The zero-order chi connectivity index (χ0) is 14.7. The molecule has 1 aliphatic rings. The molecule has 1 aliphatic heterocycles. The summed E-state index contributed by atoms with van der Waals surface area (Å²) in [7, 11) is 1.68. The molecule has 1 aromatic carbocycles. The summed E-state index contributed by atoms with van der Waals surface area (Å²) < 4.78 is 5.36. The fourth-order valence-corrected chi connectivity index (χ4v) is 2.91. The van der Waals surface area contributed by atoms with E-state index in [0.29, 0.717) is 28.7 Å². The Kier molecular flexibility index (Phi) is 5.27. The maximum atomic E-state index is 12.6. The van der Waals surface area contributed by atoms with Crippen molar-refractivity contribution >= 4 is 29.1 Å². The predicted octanol–water partition coefficient (Wildman–Crippen LogP) is 2.57. The zero-order valence-electron chi connectivity index (χ0n) is 11.3. The Bertz CT molecular complexity index is 496. The van der Waals surface area contributed by atoms with Crippen LogP contribution < -0.4 is 5.73 Å². The molecule has 20 heavy (non-hydrogen) atoms. The van der Waals surface area contributed by atoms with Crippen molar-refractivity contribution in [3.8, 4) is 0 Å². The number of carbonyl (C=O) groups is 1. The number of piperidine rings is 1. The molecule has 2 N–H and O–H groups in total. The molecule has 1 fully saturated rings. The molecule has 1 heterocycles. The number of methoxy groups -OCH3 is 1. The van der Waals surface area contributed by atoms with Crippen LogP contribution in [0.1, 0.15) is 23.2 Å². The highest BCUT2D eigenvalue weighted by atomic mass is 35.5. The van der Waals surface area contributed by atoms with Gasteiger partial charge in [-0.15, -0.1) is 0 Å². The minimum atomic E-state index is -0.123. The van der Waals surface area contributed by atoms with Crippen molar-refractivity contribution in [1.82, 2.24) is 4.90 Å². The van der Waals surface area contributed by atoms with E-state index in [1.165, 1.54) is 0 Å². The number of hydrogen-bond donors (Lipinski definition) is 1. The smallest absolute Gasteiger partial charge is 0.255 e. The van der Waals surface area contributed by atoms with Crippen molar-refractivity contribution in [2.75, 3.05) is 20.2 Å². The number of ether oxygens (including phenoxy) is 1. The van der Waals surface area contributed by atoms with Crippen LogP contribution in [0.15, 0.2) is 18.2 Å². The van der Waals surface area contributed by atoms with Crippen LogP contribution in [0.4, 0.5) is 0 Å². The fourth-order valence-electron chi connectivity index (χ4n) is 2.54. The third-order valence-electron chi connectivity index (χ3n) is 3.69. The van der Waals surface area contributed by atoms with Crippen LogP contribution in [0.2, 0.25) is 10.0 Å². The number of likely N-dealkylation sites (tertiary alicyclic amines) is 1. The standard InChI is InChI=1S/C14H18Cl2N2O2/c1-20-11-4-5-18(10(7-11)8-17)14(19)12-6-9(15)2-3-13(12)16/h2-3,6,10-11H,4-5,7-8,17H2,1H3. The van der Waals surface area contributed by atoms with Crippen LogP contribution in [-0.4, -0.2) is 43.2 Å². The maximum Gasteiger partial charge on any atom is 0.255 e. The number of nitrogens with two attached hydrogens (primary N) is 1. The van der Waals surface area contributed by atoms with Crippen molar-refractivity contribution in [2.24, 2.45) is 5.73 Å². The monoisotopic (exact) mass is 316 g/mol. The van der Waals surface area contributed by atoms with Crippen molar-refractivity contribution in [3.63, 3.8) is 0 Å². The minimum Gasteiger partial charge on any atom is -0.381 e. The van der Waals surface area contributed by atoms with E-state index in [9.17, 15) is 4.79 Å². The highest BCUT2D eigenvalue weighted by Crippen LogP contribution is 2.26. The zero-order valence-corrected chi connectivity index (χ0v) is 12.8. The van der Waals surface area contributed by atoms with E-state index in [2.05, 4.69) is 0 Å². The van der Waals surface area contributed by atoms with Crippen molar-refractivity contribution in [1.29, 1.82) is 0 Å². The third-order valence-corrected chi connectivity index (χ3v) is 4.26. The normalized spacial score (nSPS) is 22.9. The Hall–Kier alpha value is -0.810. The molecular weight excluding hydrogens is 299 g/mol. The highest BCUT2D eigenvalue weighted by molar-refractivity contribution is 6.35. The van der Waals surface area contributed by atoms with Crippen LogP contribution in [0, 0.1) is 0 Å². The summed E-state index contributed by atoms with van der Waals surface area (Å²) in [5.41, 5.74) is 6.21. The molecule has 1 aromatic rings. The second kappa shape index (κ2) is 6.76. The van der Waals surface area contributed by atoms with Gasteiger partial charge in [0.15, 0.2) is 0 Å². The summed E-state index contributed by atoms with van der Waals surface area (Å²) in [6.07, 6.45) is 1.70. The van der Waals surface area contributed by atoms with Crippen molar-refractivity contribution in [3.05, 3.63) is 33.8 Å². The fraction of sp³-hybridized carbons (Fsp3) is 0.500. The lowest BCUT2D eigenvalue weighted by Gasteiger charge is -2.38. The molecule has 4 nitrogen and oxygen atoms in total. The summed E-state index contributed by atoms with van der Waals surface area (Å²) in [5, 5.41) is 0.901. The number of amides is 1. The number of carbonyl (C=O) groups excluding carboxylic acids is 1. The molecular formula is C14H18Cl2N2O2. The summed E-state index contributed by atoms with van der Waals surface area (Å²) in [6, 6.07) is 4.87. The van der Waals surface area contributed by atoms with Gasteiger partial charge in [0.1, 0.15) is 0 Å². The van der Waals surface area contributed by atoms with Crippen LogP contribution in [0.3, 0.4) is 0 Å². The Labute approximate surface area is 128 Å². The van der Waals surface area contributed by atoms with Gasteiger partial charge < -0.3 is 15.4 Å². The van der Waals surface area contributed by atoms with Gasteiger partial charge in [-0.2, -0.15) is 0 Å². The molecule has 110 valence electrons. The van der Waals surface area contributed by atoms with E-state index < -0.39 is 0 Å². The maximum absolute atomic E-state index is 12.6. The van der Waals surface area contributed by atoms with Gasteiger partial charge in [-0.3, -0.25) is 4.79 Å². The Morgan fingerprint density at radius 1 is 1.50 bits per heavy atom. The van der Waals surface area contributed by atoms with E-state index in [1.807, 2.05) is 0 Å². The van der Waals surface area contributed by atoms with Gasteiger partial charge in [0, 0.05) is 31.3 Å². The lowest BCUT2D eigenvalue weighted by molar-refractivity contribution is 0.0139. The molecule has 0 bridgehead atoms. The highest BCUT2D eigenvalue weighted by Gasteiger charge is 2.32. The molecule has 0 saturated carbocycles. The van der Waals surface area contributed by atoms with Crippen molar-refractivity contribution in [2.45, 2.75) is 25.0 Å². The van der Waals surface area contributed by atoms with Crippen LogP contribution in [-0.2, 0) is 4.74 Å². The van der Waals surface area contributed by atoms with Gasteiger partial charge in [0.25, 0.3) is 5.91 Å². The number of rotatable bonds is 3. The van der Waals surface area contributed by atoms with Crippen LogP contribution in [0.25, 0.3) is 0 Å². The van der Waals surface area contributed by atoms with Crippen LogP contribution in [0.5, 0.6) is 0 Å². The first-order chi connectivity index (χ1) is 9.56. The second-order valence-electron chi connectivity index (χ2n) is 4.89. The number of hydrogen-bond acceptors (Lipinski definition) is 3. The van der Waals surface area contributed by atoms with E-state index in [1.54, 1.807) is 30.2 Å². The third kappa shape index (κ3) is 3.26. The van der Waals surface area contributed by atoms with Gasteiger partial charge in [0.2, 0.25) is 0 Å². The number of benzene rings is 1. The Morgan fingerprint density at radius 2 is 2.25 bits per heavy atom. The summed E-state index contributed by atoms with van der Waals surface area (Å²) in [4.78, 5) is 14.4. The SMILES string of the molecule is COC1CCN(C(=O)c2cc(Cl)ccc2Cl)C(CN)C1. The van der Waals surface area contributed by atoms with Gasteiger partial charge >= 0.3 is 0 Å². The average Bonchev–Trinajstić information content (AvgIpc) is 2.48. The summed E-state index contributed by atoms with van der Waals surface area (Å²) in [6.45, 7) is 1.02. The number of nitrogens with zero attached hydrogens (tertiary/aromatic N) is 1.